The van der Waals surface area contributed by atoms with Gasteiger partial charge in [-0.2, -0.15) is 0 Å². The van der Waals surface area contributed by atoms with Crippen LogP contribution in [0, 0.1) is 0 Å². The van der Waals surface area contributed by atoms with E-state index in [1.54, 1.807) is 6.20 Å². The molecule has 0 aromatic carbocycles. The molecule has 14 heavy (non-hydrogen) atoms. The predicted octanol–water partition coefficient (Wildman–Crippen LogP) is 1.76. The molecule has 1 aromatic heterocycles. The topological polar surface area (TPSA) is 34.2 Å². The molecule has 1 aliphatic heterocycles. The molecule has 1 aliphatic rings. The van der Waals surface area contributed by atoms with Crippen LogP contribution in [0.5, 0.6) is 5.75 Å². The lowest BCUT2D eigenvalue weighted by molar-refractivity contribution is 0.201. The maximum absolute atomic E-state index is 5.78. The average molecular weight is 215 g/mol. The van der Waals surface area contributed by atoms with Gasteiger partial charge in [-0.15, -0.1) is 12.4 Å². The number of aromatic nitrogens is 1. The highest BCUT2D eigenvalue weighted by Gasteiger charge is 2.15. The molecule has 0 aliphatic carbocycles. The third-order valence-corrected chi connectivity index (χ3v) is 2.26. The van der Waals surface area contributed by atoms with E-state index in [-0.39, 0.29) is 18.5 Å². The van der Waals surface area contributed by atoms with E-state index >= 15 is 0 Å². The summed E-state index contributed by atoms with van der Waals surface area (Å²) in [5.41, 5.74) is 1.01. The Labute approximate surface area is 90.3 Å². The molecule has 78 valence electrons. The lowest BCUT2D eigenvalue weighted by Crippen LogP contribution is -2.27. The second-order valence-corrected chi connectivity index (χ2v) is 3.23. The van der Waals surface area contributed by atoms with Crippen LogP contribution >= 0.6 is 12.4 Å². The molecule has 0 fully saturated rings. The molecule has 0 spiro atoms. The molecule has 2 rings (SSSR count). The number of nitrogens with one attached hydrogen (secondary N) is 1. The quantitative estimate of drug-likeness (QED) is 0.774. The Bertz CT molecular complexity index is 293. The van der Waals surface area contributed by atoms with Crippen molar-refractivity contribution in [2.75, 3.05) is 6.54 Å². The predicted molar refractivity (Wildman–Crippen MR) is 57.9 cm³/mol. The van der Waals surface area contributed by atoms with Gasteiger partial charge in [0, 0.05) is 19.3 Å². The molecule has 0 bridgehead atoms. The first-order chi connectivity index (χ1) is 6.40. The summed E-state index contributed by atoms with van der Waals surface area (Å²) in [5, 5.41) is 3.32. The van der Waals surface area contributed by atoms with Crippen molar-refractivity contribution in [1.82, 2.24) is 10.3 Å². The fraction of sp³-hybridized carbons (Fsp3) is 0.500. The van der Waals surface area contributed by atoms with Crippen LogP contribution < -0.4 is 10.1 Å². The Morgan fingerprint density at radius 1 is 1.64 bits per heavy atom. The maximum Gasteiger partial charge on any atom is 0.142 e. The zero-order valence-corrected chi connectivity index (χ0v) is 9.01. The number of hydrogen-bond donors (Lipinski definition) is 1. The summed E-state index contributed by atoms with van der Waals surface area (Å²) < 4.78 is 5.78. The van der Waals surface area contributed by atoms with Gasteiger partial charge in [0.15, 0.2) is 0 Å². The van der Waals surface area contributed by atoms with Crippen molar-refractivity contribution in [2.45, 2.75) is 26.0 Å². The lowest BCUT2D eigenvalue weighted by atomic mass is 10.3. The summed E-state index contributed by atoms with van der Waals surface area (Å²) in [7, 11) is 0. The van der Waals surface area contributed by atoms with Crippen LogP contribution in [0.1, 0.15) is 19.0 Å². The first-order valence-corrected chi connectivity index (χ1v) is 4.71. The van der Waals surface area contributed by atoms with Gasteiger partial charge in [-0.1, -0.05) is 6.92 Å². The molecular weight excluding hydrogens is 200 g/mol. The molecule has 0 amide bonds. The van der Waals surface area contributed by atoms with Crippen molar-refractivity contribution in [2.24, 2.45) is 0 Å². The Kier molecular flexibility index (Phi) is 4.17. The number of halogens is 1. The van der Waals surface area contributed by atoms with Crippen LogP contribution in [-0.2, 0) is 6.54 Å². The van der Waals surface area contributed by atoms with Crippen molar-refractivity contribution >= 4 is 12.4 Å². The standard InChI is InChI=1S/C10H14N2O.ClH/c1-2-8-6-11-7-9-10(13-8)4-3-5-12-9;/h3-5,8,11H,2,6-7H2,1H3;1H/t8-;/m1./s1. The van der Waals surface area contributed by atoms with Crippen LogP contribution in [0.15, 0.2) is 18.3 Å². The van der Waals surface area contributed by atoms with Crippen LogP contribution in [0.3, 0.4) is 0 Å². The highest BCUT2D eigenvalue weighted by molar-refractivity contribution is 5.85. The van der Waals surface area contributed by atoms with Gasteiger partial charge >= 0.3 is 0 Å². The molecule has 2 heterocycles. The molecular formula is C10H15ClN2O. The Morgan fingerprint density at radius 3 is 3.29 bits per heavy atom. The van der Waals surface area contributed by atoms with E-state index in [0.29, 0.717) is 0 Å². The molecule has 3 nitrogen and oxygen atoms in total. The molecule has 0 radical (unpaired) electrons. The zero-order valence-electron chi connectivity index (χ0n) is 8.19. The van der Waals surface area contributed by atoms with Crippen LogP contribution in [-0.4, -0.2) is 17.6 Å². The normalized spacial score (nSPS) is 19.9. The number of hydrogen-bond acceptors (Lipinski definition) is 3. The fourth-order valence-corrected chi connectivity index (χ4v) is 1.46. The van der Waals surface area contributed by atoms with Crippen LogP contribution in [0.4, 0.5) is 0 Å². The third-order valence-electron chi connectivity index (χ3n) is 2.26. The van der Waals surface area contributed by atoms with E-state index < -0.39 is 0 Å². The maximum atomic E-state index is 5.78. The minimum atomic E-state index is 0. The van der Waals surface area contributed by atoms with Crippen molar-refractivity contribution in [3.05, 3.63) is 24.0 Å². The van der Waals surface area contributed by atoms with Gasteiger partial charge in [0.1, 0.15) is 11.9 Å². The van der Waals surface area contributed by atoms with E-state index in [2.05, 4.69) is 17.2 Å². The second kappa shape index (κ2) is 5.17. The Morgan fingerprint density at radius 2 is 2.50 bits per heavy atom. The molecule has 4 heteroatoms. The summed E-state index contributed by atoms with van der Waals surface area (Å²) in [6, 6.07) is 3.90. The van der Waals surface area contributed by atoms with Gasteiger partial charge in [-0.3, -0.25) is 4.98 Å². The number of rotatable bonds is 1. The Hall–Kier alpha value is -0.800. The number of pyridine rings is 1. The molecule has 1 aromatic rings. The molecule has 1 N–H and O–H groups in total. The first kappa shape index (κ1) is 11.3. The highest BCUT2D eigenvalue weighted by atomic mass is 35.5. The SMILES string of the molecule is CC[C@@H]1CNCc2ncccc2O1.Cl. The summed E-state index contributed by atoms with van der Waals surface area (Å²) in [6.45, 7) is 3.85. The van der Waals surface area contributed by atoms with Crippen molar-refractivity contribution in [3.63, 3.8) is 0 Å². The van der Waals surface area contributed by atoms with Gasteiger partial charge in [0.2, 0.25) is 0 Å². The van der Waals surface area contributed by atoms with E-state index in [0.717, 1.165) is 31.0 Å². The molecule has 0 unspecified atom stereocenters. The summed E-state index contributed by atoms with van der Waals surface area (Å²) >= 11 is 0. The van der Waals surface area contributed by atoms with Gasteiger partial charge in [0.05, 0.1) is 5.69 Å². The molecule has 0 saturated carbocycles. The van der Waals surface area contributed by atoms with Gasteiger partial charge in [-0.05, 0) is 18.6 Å². The number of ether oxygens (including phenoxy) is 1. The highest BCUT2D eigenvalue weighted by Crippen LogP contribution is 2.19. The monoisotopic (exact) mass is 214 g/mol. The van der Waals surface area contributed by atoms with Crippen LogP contribution in [0.25, 0.3) is 0 Å². The molecule has 0 saturated heterocycles. The minimum absolute atomic E-state index is 0. The summed E-state index contributed by atoms with van der Waals surface area (Å²) in [6.07, 6.45) is 3.11. The van der Waals surface area contributed by atoms with E-state index in [4.69, 9.17) is 4.74 Å². The van der Waals surface area contributed by atoms with E-state index in [1.807, 2.05) is 12.1 Å². The zero-order chi connectivity index (χ0) is 9.10. The lowest BCUT2D eigenvalue weighted by Gasteiger charge is -2.14. The smallest absolute Gasteiger partial charge is 0.142 e. The fourth-order valence-electron chi connectivity index (χ4n) is 1.46. The summed E-state index contributed by atoms with van der Waals surface area (Å²) in [5.74, 6) is 0.930. The number of nitrogens with zero attached hydrogens (tertiary/aromatic N) is 1. The molecule has 1 atom stereocenters. The second-order valence-electron chi connectivity index (χ2n) is 3.23. The van der Waals surface area contributed by atoms with E-state index in [1.165, 1.54) is 0 Å². The first-order valence-electron chi connectivity index (χ1n) is 4.71. The third kappa shape index (κ3) is 2.36. The van der Waals surface area contributed by atoms with Gasteiger partial charge < -0.3 is 10.1 Å². The van der Waals surface area contributed by atoms with E-state index in [9.17, 15) is 0 Å². The van der Waals surface area contributed by atoms with Gasteiger partial charge in [-0.25, -0.2) is 0 Å². The summed E-state index contributed by atoms with van der Waals surface area (Å²) in [4.78, 5) is 4.26. The average Bonchev–Trinajstić information content (AvgIpc) is 2.38. The van der Waals surface area contributed by atoms with Crippen LogP contribution in [0.2, 0.25) is 0 Å². The van der Waals surface area contributed by atoms with Crippen molar-refractivity contribution in [1.29, 1.82) is 0 Å². The largest absolute Gasteiger partial charge is 0.487 e. The van der Waals surface area contributed by atoms with Gasteiger partial charge in [0.25, 0.3) is 0 Å². The van der Waals surface area contributed by atoms with Crippen molar-refractivity contribution in [3.8, 4) is 5.75 Å². The van der Waals surface area contributed by atoms with Crippen molar-refractivity contribution < 1.29 is 4.74 Å². The Balaban J connectivity index is 0.000000980. The number of fused-ring (bicyclic) bond motifs is 1. The minimum Gasteiger partial charge on any atom is -0.487 e.